The number of aryl methyl sites for hydroxylation is 1. The maximum atomic E-state index is 11.2. The average molecular weight is 292 g/mol. The second-order valence-electron chi connectivity index (χ2n) is 5.00. The van der Waals surface area contributed by atoms with Gasteiger partial charge in [-0.1, -0.05) is 66.2 Å². The molecule has 0 N–H and O–H groups in total. The third-order valence-electron chi connectivity index (χ3n) is 3.18. The van der Waals surface area contributed by atoms with Crippen LogP contribution in [-0.2, 0) is 9.53 Å². The van der Waals surface area contributed by atoms with Crippen molar-refractivity contribution in [2.24, 2.45) is 0 Å². The Balaban J connectivity index is 1.99. The Hall–Kier alpha value is -2.61. The number of carbonyl (C=O) groups excluding carboxylic acids is 1. The predicted molar refractivity (Wildman–Crippen MR) is 92.2 cm³/mol. The lowest BCUT2D eigenvalue weighted by Crippen LogP contribution is -1.98. The van der Waals surface area contributed by atoms with Gasteiger partial charge in [0.05, 0.1) is 6.61 Å². The number of ether oxygens (including phenoxy) is 1. The van der Waals surface area contributed by atoms with Gasteiger partial charge in [0.15, 0.2) is 0 Å². The van der Waals surface area contributed by atoms with Gasteiger partial charge in [0.25, 0.3) is 0 Å². The smallest absolute Gasteiger partial charge is 0.330 e. The van der Waals surface area contributed by atoms with Crippen molar-refractivity contribution < 1.29 is 9.53 Å². The van der Waals surface area contributed by atoms with Crippen molar-refractivity contribution in [3.8, 4) is 0 Å². The lowest BCUT2D eigenvalue weighted by atomic mass is 10.1. The molecule has 22 heavy (non-hydrogen) atoms. The van der Waals surface area contributed by atoms with Crippen LogP contribution < -0.4 is 0 Å². The molecule has 0 aliphatic carbocycles. The van der Waals surface area contributed by atoms with E-state index in [9.17, 15) is 4.79 Å². The summed E-state index contributed by atoms with van der Waals surface area (Å²) in [6.45, 7) is 4.27. The molecule has 0 saturated carbocycles. The first-order valence-electron chi connectivity index (χ1n) is 7.37. The molecule has 0 heterocycles. The Morgan fingerprint density at radius 3 is 1.82 bits per heavy atom. The lowest BCUT2D eigenvalue weighted by molar-refractivity contribution is -0.137. The van der Waals surface area contributed by atoms with Crippen LogP contribution in [0, 0.1) is 6.92 Å². The molecule has 2 heteroatoms. The highest BCUT2D eigenvalue weighted by molar-refractivity contribution is 5.87. The van der Waals surface area contributed by atoms with Crippen molar-refractivity contribution in [1.29, 1.82) is 0 Å². The minimum atomic E-state index is -0.314. The molecule has 0 unspecified atom stereocenters. The predicted octanol–water partition coefficient (Wildman–Crippen LogP) is 4.74. The molecule has 2 rings (SSSR count). The first-order valence-corrected chi connectivity index (χ1v) is 7.37. The molecule has 0 radical (unpaired) electrons. The number of rotatable bonds is 5. The van der Waals surface area contributed by atoms with Gasteiger partial charge in [0.1, 0.15) is 0 Å². The highest BCUT2D eigenvalue weighted by atomic mass is 16.5. The van der Waals surface area contributed by atoms with Crippen molar-refractivity contribution in [2.75, 3.05) is 6.61 Å². The van der Waals surface area contributed by atoms with E-state index >= 15 is 0 Å². The summed E-state index contributed by atoms with van der Waals surface area (Å²) in [6.07, 6.45) is 7.36. The van der Waals surface area contributed by atoms with Gasteiger partial charge in [-0.25, -0.2) is 4.79 Å². The van der Waals surface area contributed by atoms with Crippen LogP contribution in [0.3, 0.4) is 0 Å². The molecule has 0 aliphatic heterocycles. The zero-order valence-corrected chi connectivity index (χ0v) is 13.0. The monoisotopic (exact) mass is 292 g/mol. The molecule has 0 saturated heterocycles. The number of carbonyl (C=O) groups is 1. The fraction of sp³-hybridized carbons (Fsp3) is 0.150. The van der Waals surface area contributed by atoms with E-state index in [0.29, 0.717) is 6.61 Å². The summed E-state index contributed by atoms with van der Waals surface area (Å²) in [6, 6.07) is 16.4. The van der Waals surface area contributed by atoms with Crippen LogP contribution in [-0.4, -0.2) is 12.6 Å². The fourth-order valence-electron chi connectivity index (χ4n) is 1.94. The Labute approximate surface area is 131 Å². The van der Waals surface area contributed by atoms with Gasteiger partial charge in [-0.15, -0.1) is 0 Å². The molecule has 0 fully saturated rings. The molecule has 0 spiro atoms. The van der Waals surface area contributed by atoms with E-state index in [0.717, 1.165) is 11.1 Å². The van der Waals surface area contributed by atoms with Gasteiger partial charge in [-0.3, -0.25) is 0 Å². The Morgan fingerprint density at radius 1 is 0.864 bits per heavy atom. The van der Waals surface area contributed by atoms with Gasteiger partial charge < -0.3 is 4.74 Å². The molecular weight excluding hydrogens is 272 g/mol. The van der Waals surface area contributed by atoms with Crippen LogP contribution in [0.5, 0.6) is 0 Å². The van der Waals surface area contributed by atoms with Crippen LogP contribution >= 0.6 is 0 Å². The topological polar surface area (TPSA) is 26.3 Å². The summed E-state index contributed by atoms with van der Waals surface area (Å²) in [7, 11) is 0. The summed E-state index contributed by atoms with van der Waals surface area (Å²) in [5, 5.41) is 0. The molecule has 2 nitrogen and oxygen atoms in total. The maximum Gasteiger partial charge on any atom is 0.330 e. The van der Waals surface area contributed by atoms with Gasteiger partial charge in [-0.2, -0.15) is 0 Å². The number of esters is 1. The molecule has 0 bridgehead atoms. The molecule has 0 aliphatic rings. The first-order chi connectivity index (χ1) is 10.7. The summed E-state index contributed by atoms with van der Waals surface area (Å²) >= 11 is 0. The normalized spacial score (nSPS) is 11.2. The minimum absolute atomic E-state index is 0.314. The number of hydrogen-bond acceptors (Lipinski definition) is 2. The van der Waals surface area contributed by atoms with Crippen LogP contribution in [0.2, 0.25) is 0 Å². The number of benzene rings is 2. The molecular formula is C20H20O2. The van der Waals surface area contributed by atoms with E-state index in [1.165, 1.54) is 17.2 Å². The van der Waals surface area contributed by atoms with Gasteiger partial charge in [0.2, 0.25) is 0 Å². The Bertz CT molecular complexity index is 662. The molecule has 2 aromatic carbocycles. The van der Waals surface area contributed by atoms with E-state index in [4.69, 9.17) is 4.74 Å². The highest BCUT2D eigenvalue weighted by Crippen LogP contribution is 2.11. The summed E-state index contributed by atoms with van der Waals surface area (Å²) in [5.41, 5.74) is 4.53. The Kier molecular flexibility index (Phi) is 5.73. The second kappa shape index (κ2) is 7.99. The van der Waals surface area contributed by atoms with Gasteiger partial charge >= 0.3 is 5.97 Å². The van der Waals surface area contributed by atoms with Crippen molar-refractivity contribution in [1.82, 2.24) is 0 Å². The molecule has 0 atom stereocenters. The Morgan fingerprint density at radius 2 is 1.32 bits per heavy atom. The minimum Gasteiger partial charge on any atom is -0.463 e. The standard InChI is InChI=1S/C20H20O2/c1-3-22-20(21)15-14-19-12-10-18(11-13-19)9-8-17-6-4-16(2)5-7-17/h4-15H,3H2,1-2H3/b9-8+,15-14+. The quantitative estimate of drug-likeness (QED) is 0.452. The van der Waals surface area contributed by atoms with E-state index in [2.05, 4.69) is 43.3 Å². The zero-order chi connectivity index (χ0) is 15.8. The molecule has 2 aromatic rings. The van der Waals surface area contributed by atoms with Crippen LogP contribution in [0.1, 0.15) is 29.2 Å². The van der Waals surface area contributed by atoms with E-state index in [1.54, 1.807) is 13.0 Å². The molecule has 112 valence electrons. The average Bonchev–Trinajstić information content (AvgIpc) is 2.54. The lowest BCUT2D eigenvalue weighted by Gasteiger charge is -1.98. The van der Waals surface area contributed by atoms with Gasteiger partial charge in [0, 0.05) is 6.08 Å². The van der Waals surface area contributed by atoms with Crippen molar-refractivity contribution in [3.05, 3.63) is 76.9 Å². The van der Waals surface area contributed by atoms with E-state index in [1.807, 2.05) is 24.3 Å². The zero-order valence-electron chi connectivity index (χ0n) is 13.0. The second-order valence-corrected chi connectivity index (χ2v) is 5.00. The van der Waals surface area contributed by atoms with Crippen molar-refractivity contribution in [3.63, 3.8) is 0 Å². The summed E-state index contributed by atoms with van der Waals surface area (Å²) in [5.74, 6) is -0.314. The van der Waals surface area contributed by atoms with Crippen LogP contribution in [0.15, 0.2) is 54.6 Å². The number of hydrogen-bond donors (Lipinski definition) is 0. The molecule has 0 aromatic heterocycles. The van der Waals surface area contributed by atoms with Gasteiger partial charge in [-0.05, 0) is 36.6 Å². The third kappa shape index (κ3) is 5.06. The van der Waals surface area contributed by atoms with Crippen molar-refractivity contribution in [2.45, 2.75) is 13.8 Å². The van der Waals surface area contributed by atoms with Crippen LogP contribution in [0.4, 0.5) is 0 Å². The first kappa shape index (κ1) is 15.8. The van der Waals surface area contributed by atoms with E-state index < -0.39 is 0 Å². The highest BCUT2D eigenvalue weighted by Gasteiger charge is 1.94. The van der Waals surface area contributed by atoms with Crippen molar-refractivity contribution >= 4 is 24.2 Å². The van der Waals surface area contributed by atoms with Crippen LogP contribution in [0.25, 0.3) is 18.2 Å². The maximum absolute atomic E-state index is 11.2. The third-order valence-corrected chi connectivity index (χ3v) is 3.18. The fourth-order valence-corrected chi connectivity index (χ4v) is 1.94. The largest absolute Gasteiger partial charge is 0.463 e. The summed E-state index contributed by atoms with van der Waals surface area (Å²) in [4.78, 5) is 11.2. The molecule has 0 amide bonds. The summed E-state index contributed by atoms with van der Waals surface area (Å²) < 4.78 is 4.85. The SMILES string of the molecule is CCOC(=O)/C=C/c1ccc(/C=C/c2ccc(C)cc2)cc1. The van der Waals surface area contributed by atoms with E-state index in [-0.39, 0.29) is 5.97 Å².